The van der Waals surface area contributed by atoms with E-state index in [-0.39, 0.29) is 0 Å². The molecule has 0 fully saturated rings. The Morgan fingerprint density at radius 2 is 2.43 bits per heavy atom. The van der Waals surface area contributed by atoms with E-state index in [1.54, 1.807) is 12.3 Å². The zero-order valence-corrected chi connectivity index (χ0v) is 7.51. The van der Waals surface area contributed by atoms with Crippen LogP contribution >= 0.6 is 0 Å². The molecule has 72 valence electrons. The predicted octanol–water partition coefficient (Wildman–Crippen LogP) is -1.02. The number of carbonyl (C=O) groups excluding carboxylic acids is 1. The molecule has 1 aromatic heterocycles. The first-order valence-corrected chi connectivity index (χ1v) is 4.11. The van der Waals surface area contributed by atoms with E-state index in [9.17, 15) is 9.90 Å². The molecule has 1 aliphatic rings. The zero-order valence-electron chi connectivity index (χ0n) is 7.51. The van der Waals surface area contributed by atoms with Gasteiger partial charge in [0.2, 0.25) is 0 Å². The van der Waals surface area contributed by atoms with Gasteiger partial charge < -0.3 is 9.84 Å². The summed E-state index contributed by atoms with van der Waals surface area (Å²) in [7, 11) is 0. The fourth-order valence-corrected chi connectivity index (χ4v) is 1.20. The monoisotopic (exact) mass is 192 g/mol. The van der Waals surface area contributed by atoms with Crippen LogP contribution in [0, 0.1) is 6.92 Å². The minimum absolute atomic E-state index is 0.564. The highest BCUT2D eigenvalue weighted by Gasteiger charge is 2.24. The molecule has 2 heterocycles. The lowest BCUT2D eigenvalue weighted by atomic mass is 10.3. The summed E-state index contributed by atoms with van der Waals surface area (Å²) in [6, 6.07) is 1.08. The molecule has 2 rings (SSSR count). The molecule has 5 nitrogen and oxygen atoms in total. The van der Waals surface area contributed by atoms with E-state index in [0.717, 1.165) is 5.69 Å². The second-order valence-corrected chi connectivity index (χ2v) is 3.00. The Morgan fingerprint density at radius 3 is 2.93 bits per heavy atom. The summed E-state index contributed by atoms with van der Waals surface area (Å²) in [6.07, 6.45) is 4.40. The van der Waals surface area contributed by atoms with Crippen molar-refractivity contribution < 1.29 is 19.2 Å². The number of ether oxygens (including phenoxy) is 1. The molecule has 0 aromatic carbocycles. The lowest BCUT2D eigenvalue weighted by Crippen LogP contribution is -2.41. The van der Waals surface area contributed by atoms with Crippen LogP contribution in [0.25, 0.3) is 0 Å². The van der Waals surface area contributed by atoms with Gasteiger partial charge in [-0.1, -0.05) is 4.98 Å². The first-order valence-electron chi connectivity index (χ1n) is 4.11. The molecular weight excluding hydrogens is 184 g/mol. The molecular formula is C9H8N2O3. The van der Waals surface area contributed by atoms with E-state index < -0.39 is 18.0 Å². The summed E-state index contributed by atoms with van der Waals surface area (Å²) < 4.78 is 5.90. The van der Waals surface area contributed by atoms with Crippen LogP contribution in [-0.4, -0.2) is 11.0 Å². The van der Waals surface area contributed by atoms with Gasteiger partial charge in [0, 0.05) is 13.0 Å². The molecule has 0 amide bonds. The van der Waals surface area contributed by atoms with Crippen molar-refractivity contribution >= 4 is 5.97 Å². The Kier molecular flexibility index (Phi) is 1.92. The Bertz CT molecular complexity index is 397. The van der Waals surface area contributed by atoms with Crippen LogP contribution in [0.3, 0.4) is 0 Å². The van der Waals surface area contributed by atoms with Gasteiger partial charge in [-0.2, -0.15) is 0 Å². The number of nitrogens with zero attached hydrogens (tertiary/aromatic N) is 2. The molecule has 0 spiro atoms. The number of hydrogen-bond donors (Lipinski definition) is 0. The highest BCUT2D eigenvalue weighted by Crippen LogP contribution is 2.12. The average molecular weight is 192 g/mol. The molecule has 0 radical (unpaired) electrons. The highest BCUT2D eigenvalue weighted by atomic mass is 16.6. The smallest absolute Gasteiger partial charge is 0.287 e. The fraction of sp³-hybridized carbons (Fsp3) is 0.222. The molecule has 14 heavy (non-hydrogen) atoms. The van der Waals surface area contributed by atoms with Crippen LogP contribution in [0.4, 0.5) is 0 Å². The topological polar surface area (TPSA) is 66.1 Å². The highest BCUT2D eigenvalue weighted by molar-refractivity contribution is 5.77. The molecule has 1 atom stereocenters. The van der Waals surface area contributed by atoms with Crippen molar-refractivity contribution in [2.75, 3.05) is 0 Å². The summed E-state index contributed by atoms with van der Waals surface area (Å²) in [5.41, 5.74) is 0.846. The van der Waals surface area contributed by atoms with Crippen LogP contribution in [0.5, 0.6) is 0 Å². The second-order valence-electron chi connectivity index (χ2n) is 3.00. The first-order chi connectivity index (χ1) is 6.66. The molecule has 1 aromatic rings. The summed E-state index contributed by atoms with van der Waals surface area (Å²) in [5.74, 6) is -1.17. The lowest BCUT2D eigenvalue weighted by Gasteiger charge is -2.06. The van der Waals surface area contributed by atoms with E-state index in [1.165, 1.54) is 17.0 Å². The standard InChI is InChI=1S/C9H8N2O3/c1-6-2-3-11(5-10-6)7-4-8(12)14-9(7)13/h2-5,7H,1H3. The third kappa shape index (κ3) is 1.44. The van der Waals surface area contributed by atoms with Crippen molar-refractivity contribution in [3.8, 4) is 0 Å². The molecule has 0 saturated carbocycles. The van der Waals surface area contributed by atoms with Gasteiger partial charge in [0.15, 0.2) is 11.7 Å². The molecule has 1 aliphatic heterocycles. The van der Waals surface area contributed by atoms with Crippen molar-refractivity contribution in [3.63, 3.8) is 0 Å². The normalized spacial score (nSPS) is 20.5. The molecule has 0 N–H and O–H groups in total. The average Bonchev–Trinajstić information content (AvgIpc) is 2.47. The van der Waals surface area contributed by atoms with Crippen LogP contribution in [0.1, 0.15) is 11.7 Å². The van der Waals surface area contributed by atoms with Crippen molar-refractivity contribution in [2.24, 2.45) is 0 Å². The Morgan fingerprint density at radius 1 is 1.64 bits per heavy atom. The predicted molar refractivity (Wildman–Crippen MR) is 42.4 cm³/mol. The summed E-state index contributed by atoms with van der Waals surface area (Å²) in [6.45, 7) is 1.84. The maximum atomic E-state index is 11.1. The van der Waals surface area contributed by atoms with Gasteiger partial charge in [0.25, 0.3) is 12.3 Å². The minimum Gasteiger partial charge on any atom is -0.550 e. The maximum absolute atomic E-state index is 11.1. The van der Waals surface area contributed by atoms with Crippen molar-refractivity contribution in [1.82, 2.24) is 4.98 Å². The Balaban J connectivity index is 2.32. The van der Waals surface area contributed by atoms with Crippen LogP contribution < -0.4 is 9.67 Å². The van der Waals surface area contributed by atoms with E-state index in [0.29, 0.717) is 0 Å². The van der Waals surface area contributed by atoms with E-state index in [4.69, 9.17) is 0 Å². The lowest BCUT2D eigenvalue weighted by molar-refractivity contribution is -0.702. The van der Waals surface area contributed by atoms with Crippen LogP contribution in [0.2, 0.25) is 0 Å². The largest absolute Gasteiger partial charge is 0.550 e. The van der Waals surface area contributed by atoms with Crippen molar-refractivity contribution in [1.29, 1.82) is 0 Å². The zero-order chi connectivity index (χ0) is 10.1. The third-order valence-corrected chi connectivity index (χ3v) is 1.94. The van der Waals surface area contributed by atoms with E-state index in [2.05, 4.69) is 9.72 Å². The summed E-state index contributed by atoms with van der Waals surface area (Å²) in [4.78, 5) is 15.2. The fourth-order valence-electron chi connectivity index (χ4n) is 1.20. The van der Waals surface area contributed by atoms with Gasteiger partial charge in [-0.05, 0) is 6.08 Å². The summed E-state index contributed by atoms with van der Waals surface area (Å²) >= 11 is 0. The van der Waals surface area contributed by atoms with Gasteiger partial charge in [-0.25, -0.2) is 4.57 Å². The second kappa shape index (κ2) is 3.10. The quantitative estimate of drug-likeness (QED) is 0.422. The number of aryl methyl sites for hydroxylation is 1. The number of esters is 1. The molecule has 5 heteroatoms. The van der Waals surface area contributed by atoms with E-state index >= 15 is 0 Å². The van der Waals surface area contributed by atoms with Crippen LogP contribution in [0.15, 0.2) is 30.6 Å². The number of carbonyl (C=O) groups is 1. The SMILES string of the molecule is Cc1cc[n+](C2C=C([O-])OC2=O)cn1. The molecule has 0 aliphatic carbocycles. The molecule has 1 unspecified atom stereocenters. The minimum atomic E-state index is -0.671. The van der Waals surface area contributed by atoms with Gasteiger partial charge >= 0.3 is 0 Å². The molecule has 0 bridgehead atoms. The van der Waals surface area contributed by atoms with Crippen LogP contribution in [-0.2, 0) is 9.53 Å². The van der Waals surface area contributed by atoms with Crippen molar-refractivity contribution in [2.45, 2.75) is 13.0 Å². The first kappa shape index (κ1) is 8.68. The number of cyclic esters (lactones) is 1. The number of rotatable bonds is 1. The van der Waals surface area contributed by atoms with Gasteiger partial charge in [0.1, 0.15) is 0 Å². The van der Waals surface area contributed by atoms with E-state index in [1.807, 2.05) is 6.92 Å². The van der Waals surface area contributed by atoms with Crippen molar-refractivity contribution in [3.05, 3.63) is 36.3 Å². The van der Waals surface area contributed by atoms with Gasteiger partial charge in [-0.15, -0.1) is 0 Å². The van der Waals surface area contributed by atoms with Gasteiger partial charge in [-0.3, -0.25) is 4.79 Å². The maximum Gasteiger partial charge on any atom is 0.287 e. The Labute approximate surface area is 80.3 Å². The molecule has 0 saturated heterocycles. The number of hydrogen-bond acceptors (Lipinski definition) is 4. The Hall–Kier alpha value is -1.91. The summed E-state index contributed by atoms with van der Waals surface area (Å²) in [5, 5.41) is 10.8. The number of aromatic nitrogens is 2. The third-order valence-electron chi connectivity index (χ3n) is 1.94. The van der Waals surface area contributed by atoms with Gasteiger partial charge in [0.05, 0.1) is 12.1 Å².